The van der Waals surface area contributed by atoms with E-state index in [4.69, 9.17) is 18.9 Å². The number of rotatable bonds is 20. The first kappa shape index (κ1) is 61.7. The molecule has 0 aliphatic carbocycles. The monoisotopic (exact) mass is 1190 g/mol. The van der Waals surface area contributed by atoms with E-state index < -0.39 is 6.16 Å². The summed E-state index contributed by atoms with van der Waals surface area (Å²) < 4.78 is 23.1. The molecule has 8 nitrogen and oxygen atoms in total. The fraction of sp³-hybridized carbons (Fsp3) is 0.133. The van der Waals surface area contributed by atoms with E-state index in [2.05, 4.69) is 232 Å². The van der Waals surface area contributed by atoms with Gasteiger partial charge in [-0.3, -0.25) is 4.79 Å². The minimum absolute atomic E-state index is 0.167. The molecule has 1 unspecified atom stereocenters. The van der Waals surface area contributed by atoms with Crippen LogP contribution in [0.1, 0.15) is 99.4 Å². The summed E-state index contributed by atoms with van der Waals surface area (Å²) in [6, 6.07) is 98.6. The van der Waals surface area contributed by atoms with E-state index in [0.29, 0.717) is 17.2 Å². The van der Waals surface area contributed by atoms with Gasteiger partial charge in [0.05, 0.1) is 5.92 Å². The molecular formula is C83H74N2O6. The molecule has 11 rings (SSSR count). The molecule has 0 saturated heterocycles. The molecule has 0 aliphatic rings. The Bertz CT molecular complexity index is 4240. The number of hydrogen-bond acceptors (Lipinski definition) is 8. The van der Waals surface area contributed by atoms with Crippen molar-refractivity contribution in [3.8, 4) is 23.0 Å². The Balaban J connectivity index is 0.798. The van der Waals surface area contributed by atoms with Crippen LogP contribution in [0.5, 0.6) is 23.0 Å². The number of carbonyl (C=O) groups is 2. The van der Waals surface area contributed by atoms with Crippen molar-refractivity contribution in [1.82, 2.24) is 0 Å². The van der Waals surface area contributed by atoms with Crippen molar-refractivity contribution in [3.63, 3.8) is 0 Å². The smallest absolute Gasteiger partial charge is 0.488 e. The van der Waals surface area contributed by atoms with Gasteiger partial charge in [0.25, 0.3) is 0 Å². The summed E-state index contributed by atoms with van der Waals surface area (Å²) >= 11 is 0. The molecule has 0 heterocycles. The molecule has 0 radical (unpaired) electrons. The van der Waals surface area contributed by atoms with Crippen molar-refractivity contribution in [2.24, 2.45) is 5.92 Å². The van der Waals surface area contributed by atoms with Crippen LogP contribution in [-0.2, 0) is 10.2 Å². The molecule has 11 aromatic rings. The average Bonchev–Trinajstić information content (AvgIpc) is 1.35. The molecule has 452 valence electrons. The van der Waals surface area contributed by atoms with Crippen LogP contribution in [0.4, 0.5) is 38.9 Å². The number of carbonyl (C=O) groups excluding carboxylic acids is 2. The lowest BCUT2D eigenvalue weighted by Gasteiger charge is -2.26. The molecule has 0 saturated carbocycles. The summed E-state index contributed by atoms with van der Waals surface area (Å²) in [5.74, 6) is 1.64. The van der Waals surface area contributed by atoms with Crippen molar-refractivity contribution in [1.29, 1.82) is 0 Å². The van der Waals surface area contributed by atoms with Gasteiger partial charge in [-0.2, -0.15) is 0 Å². The lowest BCUT2D eigenvalue weighted by Crippen LogP contribution is -2.22. The molecule has 8 heteroatoms. The summed E-state index contributed by atoms with van der Waals surface area (Å²) in [4.78, 5) is 29.9. The van der Waals surface area contributed by atoms with Gasteiger partial charge in [-0.1, -0.05) is 198 Å². The van der Waals surface area contributed by atoms with Crippen molar-refractivity contribution in [2.45, 2.75) is 65.9 Å². The highest BCUT2D eigenvalue weighted by Crippen LogP contribution is 2.40. The van der Waals surface area contributed by atoms with E-state index in [0.717, 1.165) is 102 Å². The van der Waals surface area contributed by atoms with Crippen LogP contribution in [-0.4, -0.2) is 17.7 Å². The Labute approximate surface area is 535 Å². The number of esters is 1. The Morgan fingerprint density at radius 2 is 0.659 bits per heavy atom. The minimum Gasteiger partial charge on any atom is -0.488 e. The first-order valence-corrected chi connectivity index (χ1v) is 30.9. The van der Waals surface area contributed by atoms with Crippen LogP contribution < -0.4 is 28.7 Å². The highest BCUT2D eigenvalue weighted by molar-refractivity contribution is 5.95. The third-order valence-corrected chi connectivity index (χ3v) is 16.0. The molecule has 0 aliphatic heterocycles. The largest absolute Gasteiger partial charge is 0.519 e. The van der Waals surface area contributed by atoms with Crippen LogP contribution >= 0.6 is 0 Å². The second kappa shape index (κ2) is 28.0. The molecule has 0 amide bonds. The van der Waals surface area contributed by atoms with E-state index >= 15 is 0 Å². The van der Waals surface area contributed by atoms with Gasteiger partial charge in [-0.05, 0) is 216 Å². The summed E-state index contributed by atoms with van der Waals surface area (Å²) in [5.41, 5.74) is 16.1. The van der Waals surface area contributed by atoms with E-state index in [9.17, 15) is 9.59 Å². The summed E-state index contributed by atoms with van der Waals surface area (Å²) in [5, 5.41) is 0. The van der Waals surface area contributed by atoms with E-state index in [1.807, 2.05) is 105 Å². The van der Waals surface area contributed by atoms with Gasteiger partial charge < -0.3 is 28.7 Å². The van der Waals surface area contributed by atoms with Crippen molar-refractivity contribution < 1.29 is 28.5 Å². The number of para-hydroxylation sites is 2. The zero-order chi connectivity index (χ0) is 63.3. The third-order valence-electron chi connectivity index (χ3n) is 16.0. The third kappa shape index (κ3) is 15.5. The van der Waals surface area contributed by atoms with Gasteiger partial charge in [0.15, 0.2) is 0 Å². The second-order valence-electron chi connectivity index (χ2n) is 24.0. The second-order valence-corrected chi connectivity index (χ2v) is 24.0. The Hall–Kier alpha value is -11.0. The number of ether oxygens (including phenoxy) is 4. The summed E-state index contributed by atoms with van der Waals surface area (Å²) in [7, 11) is 0. The van der Waals surface area contributed by atoms with Gasteiger partial charge >= 0.3 is 12.1 Å². The molecule has 0 fully saturated rings. The quantitative estimate of drug-likeness (QED) is 0.0323. The van der Waals surface area contributed by atoms with Crippen LogP contribution in [0.15, 0.2) is 291 Å². The zero-order valence-electron chi connectivity index (χ0n) is 52.5. The Morgan fingerprint density at radius 3 is 1.01 bits per heavy atom. The van der Waals surface area contributed by atoms with Crippen molar-refractivity contribution in [3.05, 3.63) is 336 Å². The van der Waals surface area contributed by atoms with Gasteiger partial charge in [-0.25, -0.2) is 4.79 Å². The topological polar surface area (TPSA) is 77.5 Å². The van der Waals surface area contributed by atoms with Gasteiger partial charge in [0.2, 0.25) is 0 Å². The predicted molar refractivity (Wildman–Crippen MR) is 373 cm³/mol. The number of anilines is 6. The molecule has 1 atom stereocenters. The first-order valence-electron chi connectivity index (χ1n) is 30.9. The highest BCUT2D eigenvalue weighted by atomic mass is 16.7. The zero-order valence-corrected chi connectivity index (χ0v) is 52.5. The fourth-order valence-corrected chi connectivity index (χ4v) is 10.9. The highest BCUT2D eigenvalue weighted by Gasteiger charge is 2.25. The molecule has 11 aromatic carbocycles. The molecule has 0 N–H and O–H groups in total. The predicted octanol–water partition coefficient (Wildman–Crippen LogP) is 21.8. The number of nitrogens with zero attached hydrogens (tertiary/aromatic N) is 2. The summed E-state index contributed by atoms with van der Waals surface area (Å²) in [6.07, 6.45) is 4.40. The maximum absolute atomic E-state index is 13.2. The van der Waals surface area contributed by atoms with E-state index in [1.165, 1.54) is 0 Å². The minimum atomic E-state index is -0.846. The maximum atomic E-state index is 13.2. The number of benzene rings is 11. The molecular weight excluding hydrogens is 1120 g/mol. The van der Waals surface area contributed by atoms with Gasteiger partial charge in [-0.15, -0.1) is 0 Å². The van der Waals surface area contributed by atoms with Crippen molar-refractivity contribution in [2.75, 3.05) is 9.80 Å². The Morgan fingerprint density at radius 1 is 0.363 bits per heavy atom. The van der Waals surface area contributed by atoms with E-state index in [-0.39, 0.29) is 22.9 Å². The van der Waals surface area contributed by atoms with Crippen LogP contribution in [0, 0.1) is 5.92 Å². The maximum Gasteiger partial charge on any atom is 0.519 e. The summed E-state index contributed by atoms with van der Waals surface area (Å²) in [6.45, 7) is 14.2. The molecule has 0 aromatic heterocycles. The average molecular weight is 1200 g/mol. The first-order chi connectivity index (χ1) is 44.1. The molecule has 91 heavy (non-hydrogen) atoms. The van der Waals surface area contributed by atoms with Crippen LogP contribution in [0.2, 0.25) is 0 Å². The van der Waals surface area contributed by atoms with Crippen LogP contribution in [0.3, 0.4) is 0 Å². The Kier molecular flexibility index (Phi) is 19.0. The SMILES string of the molecule is CCC(C)C(=O)Oc1ccc(C(C)(C)c2ccc(OC(=O)Oc3ccc(N(c4ccccc4)c4ccc(/C=C(\c5ccccc5)c5ccc(/C(=C\c6ccc(N(c7ccccc7)c7ccc(OC(C)(C)C)cc7)cc6)c6ccccc6)cc5)cc4)cc3)cc2)cc1. The normalized spacial score (nSPS) is 12.1. The molecule has 0 bridgehead atoms. The van der Waals surface area contributed by atoms with Crippen LogP contribution in [0.25, 0.3) is 23.3 Å². The molecule has 0 spiro atoms. The van der Waals surface area contributed by atoms with Gasteiger partial charge in [0.1, 0.15) is 28.6 Å². The van der Waals surface area contributed by atoms with Gasteiger partial charge in [0, 0.05) is 39.5 Å². The number of hydrogen-bond donors (Lipinski definition) is 0. The fourth-order valence-electron chi connectivity index (χ4n) is 10.9. The van der Waals surface area contributed by atoms with Crippen molar-refractivity contribution >= 4 is 69.5 Å². The lowest BCUT2D eigenvalue weighted by atomic mass is 9.78. The lowest BCUT2D eigenvalue weighted by molar-refractivity contribution is -0.138. The van der Waals surface area contributed by atoms with E-state index in [1.54, 1.807) is 24.3 Å². The standard InChI is InChI=1S/C83H74N2O6/c1-8-59(2)80(86)88-74-49-37-66(38-50-74)83(6,7)67-39-51-75(52-40-67)89-81(87)90-76-53-45-72(46-54-76)84(68-25-17-11-18-26-68)70-41-29-60(30-42-70)57-78(62-21-13-9-14-22-62)64-33-35-65(36-34-64)79(63-23-15-10-16-24-63)58-61-31-43-71(44-32-61)85(69-27-19-12-20-28-69)73-47-55-77(56-48-73)91-82(3,4)5/h9-59H,8H2,1-7H3/b78-57+,79-58-.